The van der Waals surface area contributed by atoms with E-state index in [4.69, 9.17) is 0 Å². The summed E-state index contributed by atoms with van der Waals surface area (Å²) in [5.74, 6) is -2.20. The number of imidazole rings is 1. The Kier molecular flexibility index (Phi) is 5.58. The number of fused-ring (bicyclic) bond motifs is 1. The molecule has 5 rings (SSSR count). The summed E-state index contributed by atoms with van der Waals surface area (Å²) in [5, 5.41) is 6.48. The highest BCUT2D eigenvalue weighted by atomic mass is 19.1. The van der Waals surface area contributed by atoms with Crippen LogP contribution in [0.1, 0.15) is 36.7 Å². The molecule has 1 N–H and O–H groups in total. The molecule has 0 spiro atoms. The van der Waals surface area contributed by atoms with Gasteiger partial charge in [-0.2, -0.15) is 9.49 Å². The largest absolute Gasteiger partial charge is 0.319 e. The molecule has 0 fully saturated rings. The fourth-order valence-electron chi connectivity index (χ4n) is 4.04. The molecule has 0 unspecified atom stereocenters. The third kappa shape index (κ3) is 4.10. The van der Waals surface area contributed by atoms with Crippen molar-refractivity contribution in [1.29, 1.82) is 0 Å². The molecule has 0 aliphatic heterocycles. The van der Waals surface area contributed by atoms with Crippen LogP contribution in [0.5, 0.6) is 0 Å². The van der Waals surface area contributed by atoms with E-state index in [0.29, 0.717) is 22.5 Å². The zero-order chi connectivity index (χ0) is 25.6. The molecule has 0 aliphatic rings. The van der Waals surface area contributed by atoms with Crippen LogP contribution in [-0.2, 0) is 5.54 Å². The molecule has 1 amide bonds. The monoisotopic (exact) mass is 487 g/mol. The molecule has 182 valence electrons. The number of hydrogen-bond acceptors (Lipinski definition) is 5. The van der Waals surface area contributed by atoms with E-state index in [0.717, 1.165) is 22.0 Å². The average Bonchev–Trinajstić information content (AvgIpc) is 3.47. The molecule has 8 nitrogen and oxygen atoms in total. The van der Waals surface area contributed by atoms with Gasteiger partial charge in [0.25, 0.3) is 5.91 Å². The first-order valence-corrected chi connectivity index (χ1v) is 11.2. The maximum absolute atomic E-state index is 14.9. The van der Waals surface area contributed by atoms with Crippen LogP contribution in [-0.4, -0.2) is 35.0 Å². The minimum atomic E-state index is -0.788. The smallest absolute Gasteiger partial charge is 0.262 e. The number of halogens is 2. The van der Waals surface area contributed by atoms with Crippen LogP contribution in [0.4, 0.5) is 14.5 Å². The van der Waals surface area contributed by atoms with Crippen molar-refractivity contribution in [3.8, 4) is 22.4 Å². The number of amides is 1. The van der Waals surface area contributed by atoms with Gasteiger partial charge >= 0.3 is 0 Å². The Balaban J connectivity index is 1.56. The Morgan fingerprint density at radius 1 is 1.06 bits per heavy atom. The Morgan fingerprint density at radius 2 is 1.86 bits per heavy atom. The Labute approximate surface area is 205 Å². The molecule has 4 aromatic heterocycles. The summed E-state index contributed by atoms with van der Waals surface area (Å²) in [5.41, 5.74) is 3.27. The summed E-state index contributed by atoms with van der Waals surface area (Å²) >= 11 is 0. The third-order valence-electron chi connectivity index (χ3n) is 5.81. The van der Waals surface area contributed by atoms with Crippen molar-refractivity contribution in [2.45, 2.75) is 33.2 Å². The van der Waals surface area contributed by atoms with Crippen molar-refractivity contribution in [2.24, 2.45) is 0 Å². The number of carbonyl (C=O) groups excluding carboxylic acids is 1. The number of nitrogens with one attached hydrogen (secondary N) is 1. The number of carbonyl (C=O) groups is 1. The average molecular weight is 488 g/mol. The highest BCUT2D eigenvalue weighted by molar-refractivity contribution is 6.04. The minimum absolute atomic E-state index is 0.0715. The lowest BCUT2D eigenvalue weighted by molar-refractivity contribution is 0.102. The number of nitrogens with zero attached hydrogens (tertiary/aromatic N) is 6. The van der Waals surface area contributed by atoms with Gasteiger partial charge in [-0.25, -0.2) is 24.0 Å². The second-order valence-electron chi connectivity index (χ2n) is 9.43. The predicted octanol–water partition coefficient (Wildman–Crippen LogP) is 5.25. The lowest BCUT2D eigenvalue weighted by atomic mass is 9.98. The summed E-state index contributed by atoms with van der Waals surface area (Å²) in [7, 11) is 0. The number of aryl methyl sites for hydroxylation is 1. The van der Waals surface area contributed by atoms with Crippen molar-refractivity contribution in [3.05, 3.63) is 84.5 Å². The van der Waals surface area contributed by atoms with E-state index >= 15 is 0 Å². The Hall–Kier alpha value is -4.47. The summed E-state index contributed by atoms with van der Waals surface area (Å²) < 4.78 is 32.7. The number of rotatable bonds is 4. The van der Waals surface area contributed by atoms with Crippen LogP contribution in [0.3, 0.4) is 0 Å². The highest BCUT2D eigenvalue weighted by Gasteiger charge is 2.25. The normalized spacial score (nSPS) is 11.7. The lowest BCUT2D eigenvalue weighted by Crippen LogP contribution is -2.25. The summed E-state index contributed by atoms with van der Waals surface area (Å²) in [6, 6.07) is 6.56. The molecular formula is C26H23F2N7O. The predicted molar refractivity (Wildman–Crippen MR) is 131 cm³/mol. The van der Waals surface area contributed by atoms with E-state index in [1.165, 1.54) is 18.5 Å². The van der Waals surface area contributed by atoms with Gasteiger partial charge in [0.05, 0.1) is 23.1 Å². The van der Waals surface area contributed by atoms with Crippen molar-refractivity contribution in [3.63, 3.8) is 0 Å². The SMILES string of the molecule is Cc1cc(F)c(NC(=O)c2cnn(C(C)(C)C)c2F)cc1-c1cc(-c2ccncn2)c2nccn2c1. The van der Waals surface area contributed by atoms with Crippen molar-refractivity contribution >= 4 is 17.2 Å². The molecule has 0 saturated carbocycles. The van der Waals surface area contributed by atoms with Gasteiger partial charge in [-0.3, -0.25) is 4.79 Å². The minimum Gasteiger partial charge on any atom is -0.319 e. The molecule has 10 heteroatoms. The van der Waals surface area contributed by atoms with E-state index < -0.39 is 23.2 Å². The van der Waals surface area contributed by atoms with Gasteiger partial charge in [0.1, 0.15) is 23.4 Å². The fourth-order valence-corrected chi connectivity index (χ4v) is 4.04. The quantitative estimate of drug-likeness (QED) is 0.374. The van der Waals surface area contributed by atoms with Gasteiger partial charge in [0.15, 0.2) is 0 Å². The standard InChI is InChI=1S/C26H23F2N7O/c1-15-9-20(27)22(33-25(36)19-12-32-35(23(19)28)26(2,3)4)11-17(15)16-10-18(21-5-6-29-14-31-21)24-30-7-8-34(24)13-16/h5-14H,1-4H3,(H,33,36). The molecule has 0 atom stereocenters. The number of hydrogen-bond donors (Lipinski definition) is 1. The first-order chi connectivity index (χ1) is 17.1. The Bertz CT molecular complexity index is 1600. The van der Waals surface area contributed by atoms with Crippen LogP contribution in [0.25, 0.3) is 28.0 Å². The lowest BCUT2D eigenvalue weighted by Gasteiger charge is -2.19. The zero-order valence-electron chi connectivity index (χ0n) is 20.1. The van der Waals surface area contributed by atoms with Crippen molar-refractivity contribution in [2.75, 3.05) is 5.32 Å². The van der Waals surface area contributed by atoms with E-state index in [1.807, 2.05) is 16.7 Å². The van der Waals surface area contributed by atoms with Crippen LogP contribution in [0.2, 0.25) is 0 Å². The van der Waals surface area contributed by atoms with Gasteiger partial charge in [0, 0.05) is 30.4 Å². The number of aromatic nitrogens is 6. The van der Waals surface area contributed by atoms with Crippen molar-refractivity contribution < 1.29 is 13.6 Å². The van der Waals surface area contributed by atoms with E-state index in [1.54, 1.807) is 52.4 Å². The van der Waals surface area contributed by atoms with Crippen LogP contribution < -0.4 is 5.32 Å². The molecule has 4 heterocycles. The second kappa shape index (κ2) is 8.63. The fraction of sp³-hybridized carbons (Fsp3) is 0.192. The van der Waals surface area contributed by atoms with E-state index in [9.17, 15) is 13.6 Å². The van der Waals surface area contributed by atoms with Gasteiger partial charge in [-0.15, -0.1) is 0 Å². The first-order valence-electron chi connectivity index (χ1n) is 11.2. The number of benzene rings is 1. The highest BCUT2D eigenvalue weighted by Crippen LogP contribution is 2.33. The van der Waals surface area contributed by atoms with Crippen LogP contribution in [0, 0.1) is 18.7 Å². The molecule has 0 saturated heterocycles. The maximum Gasteiger partial charge on any atom is 0.262 e. The van der Waals surface area contributed by atoms with E-state index in [-0.39, 0.29) is 11.3 Å². The number of anilines is 1. The number of pyridine rings is 1. The maximum atomic E-state index is 14.9. The van der Waals surface area contributed by atoms with Gasteiger partial charge < -0.3 is 9.72 Å². The molecule has 1 aromatic carbocycles. The van der Waals surface area contributed by atoms with Crippen LogP contribution in [0.15, 0.2) is 61.6 Å². The zero-order valence-corrected chi connectivity index (χ0v) is 20.1. The molecule has 0 radical (unpaired) electrons. The molecule has 36 heavy (non-hydrogen) atoms. The van der Waals surface area contributed by atoms with Gasteiger partial charge in [-0.05, 0) is 68.7 Å². The van der Waals surface area contributed by atoms with E-state index in [2.05, 4.69) is 25.4 Å². The van der Waals surface area contributed by atoms with Gasteiger partial charge in [0.2, 0.25) is 5.95 Å². The summed E-state index contributed by atoms with van der Waals surface area (Å²) in [4.78, 5) is 25.6. The molecular weight excluding hydrogens is 464 g/mol. The Morgan fingerprint density at radius 3 is 2.56 bits per heavy atom. The first kappa shape index (κ1) is 23.3. The third-order valence-corrected chi connectivity index (χ3v) is 5.81. The molecule has 0 aliphatic carbocycles. The van der Waals surface area contributed by atoms with Gasteiger partial charge in [-0.1, -0.05) is 0 Å². The molecule has 5 aromatic rings. The van der Waals surface area contributed by atoms with Crippen LogP contribution >= 0.6 is 0 Å². The van der Waals surface area contributed by atoms with Crippen molar-refractivity contribution in [1.82, 2.24) is 29.1 Å². The second-order valence-corrected chi connectivity index (χ2v) is 9.43. The topological polar surface area (TPSA) is 90.0 Å². The summed E-state index contributed by atoms with van der Waals surface area (Å²) in [6.45, 7) is 7.08. The molecule has 0 bridgehead atoms. The summed E-state index contributed by atoms with van der Waals surface area (Å²) in [6.07, 6.45) is 9.60.